The van der Waals surface area contributed by atoms with Crippen molar-refractivity contribution in [2.75, 3.05) is 6.54 Å². The number of nitrogens with zero attached hydrogens (tertiary/aromatic N) is 1. The summed E-state index contributed by atoms with van der Waals surface area (Å²) >= 11 is 0. The van der Waals surface area contributed by atoms with Gasteiger partial charge in [0.1, 0.15) is 0 Å². The third kappa shape index (κ3) is 3.18. The van der Waals surface area contributed by atoms with E-state index in [0.29, 0.717) is 12.1 Å². The molecule has 2 unspecified atom stereocenters. The second kappa shape index (κ2) is 6.53. The van der Waals surface area contributed by atoms with Gasteiger partial charge in [0.2, 0.25) is 0 Å². The van der Waals surface area contributed by atoms with Crippen molar-refractivity contribution >= 4 is 0 Å². The molecule has 19 heavy (non-hydrogen) atoms. The fourth-order valence-electron chi connectivity index (χ4n) is 3.41. The molecule has 0 aromatic heterocycles. The summed E-state index contributed by atoms with van der Waals surface area (Å²) in [5.74, 6) is 0. The van der Waals surface area contributed by atoms with Gasteiger partial charge in [-0.1, -0.05) is 31.2 Å². The molecule has 1 aliphatic carbocycles. The summed E-state index contributed by atoms with van der Waals surface area (Å²) in [4.78, 5) is 2.60. The summed E-state index contributed by atoms with van der Waals surface area (Å²) in [5, 5.41) is 0. The van der Waals surface area contributed by atoms with Crippen LogP contribution in [0.2, 0.25) is 0 Å². The summed E-state index contributed by atoms with van der Waals surface area (Å²) in [7, 11) is 0. The number of nitrogens with two attached hydrogens (primary N) is 1. The first-order chi connectivity index (χ1) is 9.15. The van der Waals surface area contributed by atoms with E-state index in [2.05, 4.69) is 49.9 Å². The molecule has 0 bridgehead atoms. The predicted molar refractivity (Wildman–Crippen MR) is 82.2 cm³/mol. The van der Waals surface area contributed by atoms with E-state index >= 15 is 0 Å². The van der Waals surface area contributed by atoms with Crippen molar-refractivity contribution in [2.45, 2.75) is 64.6 Å². The van der Waals surface area contributed by atoms with Crippen LogP contribution in [0.1, 0.15) is 57.2 Å². The van der Waals surface area contributed by atoms with Crippen molar-refractivity contribution in [1.82, 2.24) is 4.90 Å². The Balaban J connectivity index is 2.27. The quantitative estimate of drug-likeness (QED) is 0.839. The second-order valence-corrected chi connectivity index (χ2v) is 6.02. The van der Waals surface area contributed by atoms with Crippen LogP contribution in [0.4, 0.5) is 0 Å². The fourth-order valence-corrected chi connectivity index (χ4v) is 3.41. The van der Waals surface area contributed by atoms with Crippen LogP contribution >= 0.6 is 0 Å². The molecular weight excluding hydrogens is 232 g/mol. The van der Waals surface area contributed by atoms with Crippen LogP contribution in [0.15, 0.2) is 24.3 Å². The van der Waals surface area contributed by atoms with Gasteiger partial charge in [-0.25, -0.2) is 0 Å². The third-order valence-corrected chi connectivity index (χ3v) is 4.35. The number of benzene rings is 1. The molecule has 0 radical (unpaired) electrons. The summed E-state index contributed by atoms with van der Waals surface area (Å²) < 4.78 is 0. The van der Waals surface area contributed by atoms with E-state index in [9.17, 15) is 0 Å². The lowest BCUT2D eigenvalue weighted by Gasteiger charge is -2.38. The van der Waals surface area contributed by atoms with E-state index < -0.39 is 0 Å². The van der Waals surface area contributed by atoms with Crippen LogP contribution in [0, 0.1) is 0 Å². The molecular formula is C17H28N2. The van der Waals surface area contributed by atoms with Crippen molar-refractivity contribution in [3.05, 3.63) is 35.4 Å². The van der Waals surface area contributed by atoms with Gasteiger partial charge in [-0.3, -0.25) is 4.90 Å². The number of aryl methyl sites for hydroxylation is 1. The molecule has 2 atom stereocenters. The van der Waals surface area contributed by atoms with E-state index in [1.807, 2.05) is 0 Å². The van der Waals surface area contributed by atoms with E-state index in [4.69, 9.17) is 5.73 Å². The maximum atomic E-state index is 6.62. The van der Waals surface area contributed by atoms with Crippen molar-refractivity contribution in [3.8, 4) is 0 Å². The Morgan fingerprint density at radius 3 is 2.74 bits per heavy atom. The van der Waals surface area contributed by atoms with Gasteiger partial charge in [0, 0.05) is 18.1 Å². The number of fused-ring (bicyclic) bond motifs is 1. The van der Waals surface area contributed by atoms with Gasteiger partial charge in [0.25, 0.3) is 0 Å². The number of rotatable bonds is 4. The van der Waals surface area contributed by atoms with E-state index in [1.165, 1.54) is 36.8 Å². The zero-order valence-corrected chi connectivity index (χ0v) is 12.6. The van der Waals surface area contributed by atoms with E-state index in [-0.39, 0.29) is 6.04 Å². The SMILES string of the molecule is CCCN(C(C)C)C1CCCc2ccccc2C1N. The van der Waals surface area contributed by atoms with Crippen LogP contribution in [-0.4, -0.2) is 23.5 Å². The Kier molecular flexibility index (Phi) is 5.00. The lowest BCUT2D eigenvalue weighted by atomic mass is 9.95. The van der Waals surface area contributed by atoms with Crippen molar-refractivity contribution in [2.24, 2.45) is 5.73 Å². The van der Waals surface area contributed by atoms with Gasteiger partial charge in [-0.05, 0) is 57.2 Å². The molecule has 2 nitrogen and oxygen atoms in total. The number of hydrogen-bond acceptors (Lipinski definition) is 2. The van der Waals surface area contributed by atoms with Crippen LogP contribution in [0.5, 0.6) is 0 Å². The Hall–Kier alpha value is -0.860. The maximum Gasteiger partial charge on any atom is 0.0455 e. The first-order valence-electron chi connectivity index (χ1n) is 7.74. The summed E-state index contributed by atoms with van der Waals surface area (Å²) in [5.41, 5.74) is 9.44. The van der Waals surface area contributed by atoms with Crippen LogP contribution in [-0.2, 0) is 6.42 Å². The molecule has 1 aliphatic rings. The zero-order valence-electron chi connectivity index (χ0n) is 12.6. The Morgan fingerprint density at radius 2 is 2.05 bits per heavy atom. The third-order valence-electron chi connectivity index (χ3n) is 4.35. The van der Waals surface area contributed by atoms with Gasteiger partial charge < -0.3 is 5.73 Å². The smallest absolute Gasteiger partial charge is 0.0455 e. The largest absolute Gasteiger partial charge is 0.323 e. The van der Waals surface area contributed by atoms with Crippen LogP contribution in [0.25, 0.3) is 0 Å². The standard InChI is InChI=1S/C17H28N2/c1-4-12-19(13(2)3)16-11-7-9-14-8-5-6-10-15(14)17(16)18/h5-6,8,10,13,16-17H,4,7,9,11-12,18H2,1-3H3. The molecule has 2 rings (SSSR count). The first-order valence-corrected chi connectivity index (χ1v) is 7.74. The zero-order chi connectivity index (χ0) is 13.8. The van der Waals surface area contributed by atoms with Crippen LogP contribution in [0.3, 0.4) is 0 Å². The average molecular weight is 260 g/mol. The molecule has 2 heteroatoms. The Bertz CT molecular complexity index is 400. The van der Waals surface area contributed by atoms with Gasteiger partial charge in [-0.15, -0.1) is 0 Å². The molecule has 1 aromatic carbocycles. The average Bonchev–Trinajstić information content (AvgIpc) is 2.56. The van der Waals surface area contributed by atoms with Gasteiger partial charge >= 0.3 is 0 Å². The fraction of sp³-hybridized carbons (Fsp3) is 0.647. The van der Waals surface area contributed by atoms with E-state index in [1.54, 1.807) is 0 Å². The van der Waals surface area contributed by atoms with Crippen molar-refractivity contribution in [1.29, 1.82) is 0 Å². The highest BCUT2D eigenvalue weighted by atomic mass is 15.2. The highest BCUT2D eigenvalue weighted by Gasteiger charge is 2.30. The monoisotopic (exact) mass is 260 g/mol. The summed E-state index contributed by atoms with van der Waals surface area (Å²) in [6.45, 7) is 7.99. The molecule has 0 aliphatic heterocycles. The minimum absolute atomic E-state index is 0.160. The molecule has 0 saturated carbocycles. The molecule has 0 spiro atoms. The molecule has 106 valence electrons. The Labute approximate surface area is 118 Å². The van der Waals surface area contributed by atoms with Gasteiger partial charge in [0.15, 0.2) is 0 Å². The molecule has 1 aromatic rings. The summed E-state index contributed by atoms with van der Waals surface area (Å²) in [6.07, 6.45) is 4.85. The Morgan fingerprint density at radius 1 is 1.32 bits per heavy atom. The lowest BCUT2D eigenvalue weighted by molar-refractivity contribution is 0.125. The normalized spacial score (nSPS) is 23.5. The first kappa shape index (κ1) is 14.5. The molecule has 0 heterocycles. The molecule has 0 amide bonds. The maximum absolute atomic E-state index is 6.62. The molecule has 2 N–H and O–H groups in total. The van der Waals surface area contributed by atoms with Crippen LogP contribution < -0.4 is 5.73 Å². The van der Waals surface area contributed by atoms with E-state index in [0.717, 1.165) is 6.54 Å². The molecule has 0 fully saturated rings. The van der Waals surface area contributed by atoms with Crippen molar-refractivity contribution in [3.63, 3.8) is 0 Å². The number of hydrogen-bond donors (Lipinski definition) is 1. The van der Waals surface area contributed by atoms with Gasteiger partial charge in [0.05, 0.1) is 0 Å². The second-order valence-electron chi connectivity index (χ2n) is 6.02. The van der Waals surface area contributed by atoms with Gasteiger partial charge in [-0.2, -0.15) is 0 Å². The minimum Gasteiger partial charge on any atom is -0.323 e. The molecule has 0 saturated heterocycles. The topological polar surface area (TPSA) is 29.3 Å². The lowest BCUT2D eigenvalue weighted by Crippen LogP contribution is -2.46. The highest BCUT2D eigenvalue weighted by Crippen LogP contribution is 2.31. The predicted octanol–water partition coefficient (Wildman–Crippen LogP) is 3.51. The van der Waals surface area contributed by atoms with Crippen molar-refractivity contribution < 1.29 is 0 Å². The summed E-state index contributed by atoms with van der Waals surface area (Å²) in [6, 6.07) is 9.95. The highest BCUT2D eigenvalue weighted by molar-refractivity contribution is 5.32. The minimum atomic E-state index is 0.160.